The number of carbonyl (C=O) groups excluding carboxylic acids is 1. The Balaban J connectivity index is 1.68. The summed E-state index contributed by atoms with van der Waals surface area (Å²) in [7, 11) is 1.37. The van der Waals surface area contributed by atoms with Crippen LogP contribution in [0, 0.1) is 0 Å². The molecule has 4 aromatic rings. The molecule has 0 atom stereocenters. The molecule has 0 aliphatic rings. The standard InChI is InChI=1S/C22H19N3O3/c1-27-21(26)16-7-5-6-15(12-16)14-25-20-13-18(10-11-19(20)24-22(25)23)28-17-8-3-2-4-9-17/h2-13H,14H2,1H3,(H2,23,24). The Morgan fingerprint density at radius 2 is 1.82 bits per heavy atom. The normalized spacial score (nSPS) is 10.8. The predicted octanol–water partition coefficient (Wildman–Crippen LogP) is 4.25. The minimum absolute atomic E-state index is 0.371. The average molecular weight is 373 g/mol. The second-order valence-electron chi connectivity index (χ2n) is 6.31. The summed E-state index contributed by atoms with van der Waals surface area (Å²) in [5, 5.41) is 0. The summed E-state index contributed by atoms with van der Waals surface area (Å²) in [4.78, 5) is 16.2. The highest BCUT2D eigenvalue weighted by Crippen LogP contribution is 2.27. The van der Waals surface area contributed by atoms with Crippen LogP contribution in [0.1, 0.15) is 15.9 Å². The topological polar surface area (TPSA) is 79.4 Å². The predicted molar refractivity (Wildman–Crippen MR) is 108 cm³/mol. The molecule has 4 rings (SSSR count). The number of para-hydroxylation sites is 1. The molecule has 140 valence electrons. The zero-order chi connectivity index (χ0) is 19.5. The van der Waals surface area contributed by atoms with E-state index in [1.165, 1.54) is 7.11 Å². The molecule has 28 heavy (non-hydrogen) atoms. The van der Waals surface area contributed by atoms with Crippen molar-refractivity contribution in [1.82, 2.24) is 9.55 Å². The number of rotatable bonds is 5. The van der Waals surface area contributed by atoms with Crippen molar-refractivity contribution in [2.75, 3.05) is 12.8 Å². The molecular weight excluding hydrogens is 354 g/mol. The molecule has 0 fully saturated rings. The number of nitrogens with two attached hydrogens (primary N) is 1. The number of nitrogens with zero attached hydrogens (tertiary/aromatic N) is 2. The largest absolute Gasteiger partial charge is 0.465 e. The Hall–Kier alpha value is -3.80. The van der Waals surface area contributed by atoms with E-state index in [9.17, 15) is 4.79 Å². The first-order valence-electron chi connectivity index (χ1n) is 8.80. The lowest BCUT2D eigenvalue weighted by atomic mass is 10.1. The number of methoxy groups -OCH3 is 1. The van der Waals surface area contributed by atoms with Gasteiger partial charge in [-0.1, -0.05) is 30.3 Å². The third kappa shape index (κ3) is 3.53. The molecule has 0 unspecified atom stereocenters. The number of hydrogen-bond donors (Lipinski definition) is 1. The van der Waals surface area contributed by atoms with E-state index in [-0.39, 0.29) is 5.97 Å². The maximum atomic E-state index is 11.8. The number of hydrogen-bond acceptors (Lipinski definition) is 5. The first kappa shape index (κ1) is 17.6. The van der Waals surface area contributed by atoms with E-state index in [1.807, 2.05) is 65.2 Å². The lowest BCUT2D eigenvalue weighted by Gasteiger charge is -2.09. The van der Waals surface area contributed by atoms with Gasteiger partial charge in [-0.25, -0.2) is 9.78 Å². The molecule has 0 amide bonds. The van der Waals surface area contributed by atoms with E-state index in [2.05, 4.69) is 4.98 Å². The van der Waals surface area contributed by atoms with Crippen LogP contribution >= 0.6 is 0 Å². The summed E-state index contributed by atoms with van der Waals surface area (Å²) >= 11 is 0. The lowest BCUT2D eigenvalue weighted by molar-refractivity contribution is 0.0600. The molecule has 0 aliphatic carbocycles. The van der Waals surface area contributed by atoms with Crippen molar-refractivity contribution in [3.8, 4) is 11.5 Å². The molecule has 0 bridgehead atoms. The van der Waals surface area contributed by atoms with E-state index >= 15 is 0 Å². The molecule has 0 aliphatic heterocycles. The Kier molecular flexibility index (Phi) is 4.68. The first-order chi connectivity index (χ1) is 13.6. The molecule has 6 heteroatoms. The van der Waals surface area contributed by atoms with Crippen molar-refractivity contribution in [2.24, 2.45) is 0 Å². The number of benzene rings is 3. The van der Waals surface area contributed by atoms with Gasteiger partial charge < -0.3 is 19.8 Å². The molecule has 1 heterocycles. The quantitative estimate of drug-likeness (QED) is 0.529. The number of imidazole rings is 1. The van der Waals surface area contributed by atoms with Crippen LogP contribution in [-0.2, 0) is 11.3 Å². The highest BCUT2D eigenvalue weighted by atomic mass is 16.5. The minimum atomic E-state index is -0.371. The van der Waals surface area contributed by atoms with E-state index < -0.39 is 0 Å². The van der Waals surface area contributed by atoms with Gasteiger partial charge in [0.2, 0.25) is 5.95 Å². The Morgan fingerprint density at radius 3 is 2.61 bits per heavy atom. The van der Waals surface area contributed by atoms with E-state index in [4.69, 9.17) is 15.2 Å². The van der Waals surface area contributed by atoms with Gasteiger partial charge in [0, 0.05) is 6.07 Å². The number of anilines is 1. The van der Waals surface area contributed by atoms with Gasteiger partial charge in [-0.15, -0.1) is 0 Å². The van der Waals surface area contributed by atoms with Gasteiger partial charge in [-0.3, -0.25) is 0 Å². The van der Waals surface area contributed by atoms with Crippen LogP contribution in [0.2, 0.25) is 0 Å². The molecule has 3 aromatic carbocycles. The van der Waals surface area contributed by atoms with Gasteiger partial charge in [-0.2, -0.15) is 0 Å². The number of fused-ring (bicyclic) bond motifs is 1. The smallest absolute Gasteiger partial charge is 0.337 e. The number of ether oxygens (including phenoxy) is 2. The van der Waals surface area contributed by atoms with Crippen LogP contribution in [0.5, 0.6) is 11.5 Å². The van der Waals surface area contributed by atoms with Crippen molar-refractivity contribution in [1.29, 1.82) is 0 Å². The van der Waals surface area contributed by atoms with Crippen molar-refractivity contribution >= 4 is 23.0 Å². The highest BCUT2D eigenvalue weighted by Gasteiger charge is 2.12. The SMILES string of the molecule is COC(=O)c1cccc(Cn2c(N)nc3ccc(Oc4ccccc4)cc32)c1. The summed E-state index contributed by atoms with van der Waals surface area (Å²) in [6.45, 7) is 0.474. The summed E-state index contributed by atoms with van der Waals surface area (Å²) in [6.07, 6.45) is 0. The van der Waals surface area contributed by atoms with E-state index in [0.29, 0.717) is 23.8 Å². The molecule has 0 saturated carbocycles. The minimum Gasteiger partial charge on any atom is -0.465 e. The molecule has 0 saturated heterocycles. The van der Waals surface area contributed by atoms with Gasteiger partial charge in [0.15, 0.2) is 0 Å². The molecule has 2 N–H and O–H groups in total. The van der Waals surface area contributed by atoms with Crippen LogP contribution in [-0.4, -0.2) is 22.6 Å². The van der Waals surface area contributed by atoms with Gasteiger partial charge in [0.1, 0.15) is 11.5 Å². The second kappa shape index (κ2) is 7.44. The van der Waals surface area contributed by atoms with E-state index in [1.54, 1.807) is 12.1 Å². The third-order valence-corrected chi connectivity index (χ3v) is 4.42. The number of carbonyl (C=O) groups is 1. The first-order valence-corrected chi connectivity index (χ1v) is 8.80. The lowest BCUT2D eigenvalue weighted by Crippen LogP contribution is -2.06. The molecule has 1 aromatic heterocycles. The highest BCUT2D eigenvalue weighted by molar-refractivity contribution is 5.89. The van der Waals surface area contributed by atoms with Crippen LogP contribution in [0.25, 0.3) is 11.0 Å². The Morgan fingerprint density at radius 1 is 1.00 bits per heavy atom. The fourth-order valence-corrected chi connectivity index (χ4v) is 3.07. The van der Waals surface area contributed by atoms with Crippen LogP contribution < -0.4 is 10.5 Å². The van der Waals surface area contributed by atoms with Crippen LogP contribution in [0.15, 0.2) is 72.8 Å². The van der Waals surface area contributed by atoms with Crippen molar-refractivity contribution in [3.63, 3.8) is 0 Å². The maximum absolute atomic E-state index is 11.8. The zero-order valence-corrected chi connectivity index (χ0v) is 15.3. The van der Waals surface area contributed by atoms with Crippen molar-refractivity contribution in [3.05, 3.63) is 83.9 Å². The summed E-state index contributed by atoms with van der Waals surface area (Å²) in [6, 6.07) is 22.5. The summed E-state index contributed by atoms with van der Waals surface area (Å²) in [5.41, 5.74) is 9.20. The Labute approximate surface area is 162 Å². The fourth-order valence-electron chi connectivity index (χ4n) is 3.07. The van der Waals surface area contributed by atoms with E-state index in [0.717, 1.165) is 22.3 Å². The average Bonchev–Trinajstić information content (AvgIpc) is 3.03. The molecular formula is C22H19N3O3. The third-order valence-electron chi connectivity index (χ3n) is 4.42. The van der Waals surface area contributed by atoms with Crippen molar-refractivity contribution < 1.29 is 14.3 Å². The van der Waals surface area contributed by atoms with Gasteiger partial charge in [0.05, 0.1) is 30.3 Å². The van der Waals surface area contributed by atoms with Crippen molar-refractivity contribution in [2.45, 2.75) is 6.54 Å². The summed E-state index contributed by atoms with van der Waals surface area (Å²) in [5.74, 6) is 1.48. The zero-order valence-electron chi connectivity index (χ0n) is 15.3. The van der Waals surface area contributed by atoms with Gasteiger partial charge in [-0.05, 0) is 42.0 Å². The maximum Gasteiger partial charge on any atom is 0.337 e. The monoisotopic (exact) mass is 373 g/mol. The van der Waals surface area contributed by atoms with Crippen LogP contribution in [0.4, 0.5) is 5.95 Å². The molecule has 0 radical (unpaired) electrons. The molecule has 0 spiro atoms. The summed E-state index contributed by atoms with van der Waals surface area (Å²) < 4.78 is 12.6. The second-order valence-corrected chi connectivity index (χ2v) is 6.31. The number of aromatic nitrogens is 2. The molecule has 6 nitrogen and oxygen atoms in total. The van der Waals surface area contributed by atoms with Gasteiger partial charge >= 0.3 is 5.97 Å². The number of esters is 1. The Bertz CT molecular complexity index is 1140. The van der Waals surface area contributed by atoms with Crippen LogP contribution in [0.3, 0.4) is 0 Å². The van der Waals surface area contributed by atoms with Gasteiger partial charge in [0.25, 0.3) is 0 Å². The fraction of sp³-hybridized carbons (Fsp3) is 0.0909. The number of nitrogen functional groups attached to an aromatic ring is 1.